The van der Waals surface area contributed by atoms with Crippen molar-refractivity contribution in [3.63, 3.8) is 0 Å². The van der Waals surface area contributed by atoms with Crippen molar-refractivity contribution >= 4 is 25.0 Å². The average molecular weight is 523 g/mol. The molecule has 3 aliphatic rings. The molecule has 0 spiro atoms. The van der Waals surface area contributed by atoms with Crippen molar-refractivity contribution in [3.8, 4) is 5.75 Å². The van der Waals surface area contributed by atoms with E-state index in [0.29, 0.717) is 38.1 Å². The highest BCUT2D eigenvalue weighted by Gasteiger charge is 2.57. The number of methoxy groups -OCH3 is 1. The number of aryl methyl sites for hydroxylation is 2. The van der Waals surface area contributed by atoms with Gasteiger partial charge in [0.25, 0.3) is 0 Å². The second-order valence-corrected chi connectivity index (χ2v) is 11.2. The van der Waals surface area contributed by atoms with Crippen molar-refractivity contribution in [1.82, 2.24) is 4.90 Å². The van der Waals surface area contributed by atoms with Gasteiger partial charge >= 0.3 is 7.12 Å². The molecule has 1 aromatic rings. The minimum atomic E-state index is -0.972. The number of hydrogen-bond acceptors (Lipinski definition) is 6. The van der Waals surface area contributed by atoms with Crippen molar-refractivity contribution in [2.45, 2.75) is 78.6 Å². The second kappa shape index (κ2) is 12.2. The topological polar surface area (TPSA) is 96.3 Å². The number of carbonyl (C=O) groups is 2. The van der Waals surface area contributed by atoms with Gasteiger partial charge in [0.15, 0.2) is 0 Å². The summed E-state index contributed by atoms with van der Waals surface area (Å²) >= 11 is 0. The van der Waals surface area contributed by atoms with Gasteiger partial charge in [0.1, 0.15) is 5.75 Å². The Morgan fingerprint density at radius 3 is 2.47 bits per heavy atom. The van der Waals surface area contributed by atoms with Crippen LogP contribution in [0.1, 0.15) is 69.1 Å². The first-order valence-corrected chi connectivity index (χ1v) is 14.1. The van der Waals surface area contributed by atoms with Gasteiger partial charge < -0.3 is 19.5 Å². The Balaban J connectivity index is 1.62. The molecule has 2 fully saturated rings. The number of carbonyl (C=O) groups excluding carboxylic acids is 2. The van der Waals surface area contributed by atoms with E-state index in [1.54, 1.807) is 7.11 Å². The number of imide groups is 1. The van der Waals surface area contributed by atoms with E-state index >= 15 is 0 Å². The first-order chi connectivity index (χ1) is 18.2. The smallest absolute Gasteiger partial charge is 0.455 e. The van der Waals surface area contributed by atoms with Crippen LogP contribution >= 0.6 is 0 Å². The van der Waals surface area contributed by atoms with E-state index in [4.69, 9.17) is 9.39 Å². The van der Waals surface area contributed by atoms with E-state index in [0.717, 1.165) is 53.5 Å². The number of nitrogens with zero attached hydrogens (tertiary/aromatic N) is 1. The molecule has 0 bridgehead atoms. The molecule has 2 saturated heterocycles. The lowest BCUT2D eigenvalue weighted by molar-refractivity contribution is -0.140. The van der Waals surface area contributed by atoms with Crippen molar-refractivity contribution in [2.75, 3.05) is 20.3 Å². The molecule has 2 N–H and O–H groups in total. The number of allylic oxidation sites excluding steroid dienone is 1. The molecule has 8 heteroatoms. The summed E-state index contributed by atoms with van der Waals surface area (Å²) in [6, 6.07) is 4.00. The molecule has 2 heterocycles. The van der Waals surface area contributed by atoms with Crippen LogP contribution in [0.3, 0.4) is 0 Å². The van der Waals surface area contributed by atoms with Crippen LogP contribution in [0.2, 0.25) is 6.32 Å². The number of hydrogen-bond donors (Lipinski definition) is 2. The molecule has 0 saturated carbocycles. The van der Waals surface area contributed by atoms with E-state index in [9.17, 15) is 19.7 Å². The Kier molecular flexibility index (Phi) is 9.17. The molecule has 206 valence electrons. The molecule has 0 radical (unpaired) electrons. The minimum Gasteiger partial charge on any atom is -0.507 e. The standard InChI is InChI=1S/C30H42BNO6/c1-6-8-20(14-21-12-18(3)28(33)19(4)13-21)9-10-25-26-22(17-37-5)15-23-27(24(26)16-31(36)38-25)30(35)32(11-7-2)29(23)34/h12-14,23-25,27,33,36H,6-11,15-17H2,1-5H3/b20-14+/t23-,24+,25-,27-/m1/s1. The number of benzene rings is 1. The molecule has 2 amide bonds. The van der Waals surface area contributed by atoms with Crippen molar-refractivity contribution in [3.05, 3.63) is 45.5 Å². The Labute approximate surface area is 227 Å². The van der Waals surface area contributed by atoms with Crippen LogP contribution in [0, 0.1) is 31.6 Å². The first-order valence-electron chi connectivity index (χ1n) is 14.1. The number of likely N-dealkylation sites (tertiary alicyclic amines) is 1. The van der Waals surface area contributed by atoms with Gasteiger partial charge in [-0.15, -0.1) is 0 Å². The van der Waals surface area contributed by atoms with E-state index in [1.807, 2.05) is 32.9 Å². The van der Waals surface area contributed by atoms with Crippen LogP contribution in [0.5, 0.6) is 5.75 Å². The molecule has 0 unspecified atom stereocenters. The third-order valence-electron chi connectivity index (χ3n) is 8.35. The van der Waals surface area contributed by atoms with Gasteiger partial charge in [0, 0.05) is 13.7 Å². The van der Waals surface area contributed by atoms with Crippen LogP contribution in [0.4, 0.5) is 0 Å². The normalized spacial score (nSPS) is 25.8. The van der Waals surface area contributed by atoms with Crippen molar-refractivity contribution < 1.29 is 29.1 Å². The highest BCUT2D eigenvalue weighted by molar-refractivity contribution is 6.43. The summed E-state index contributed by atoms with van der Waals surface area (Å²) in [4.78, 5) is 28.0. The zero-order valence-electron chi connectivity index (χ0n) is 23.5. The molecule has 4 atom stereocenters. The summed E-state index contributed by atoms with van der Waals surface area (Å²) in [5, 5.41) is 20.9. The predicted molar refractivity (Wildman–Crippen MR) is 148 cm³/mol. The molecule has 38 heavy (non-hydrogen) atoms. The quantitative estimate of drug-likeness (QED) is 0.259. The summed E-state index contributed by atoms with van der Waals surface area (Å²) < 4.78 is 11.7. The van der Waals surface area contributed by atoms with Gasteiger partial charge in [-0.2, -0.15) is 0 Å². The SMILES string of the molecule is CCC/C(=C\c1cc(C)c(O)c(C)c1)CC[C@H]1OB(O)C[C@H]2C1=C(COC)C[C@H]1C(=O)N(CCC)C(=O)[C@H]12. The van der Waals surface area contributed by atoms with Crippen LogP contribution in [-0.2, 0) is 19.0 Å². The maximum atomic E-state index is 13.4. The summed E-state index contributed by atoms with van der Waals surface area (Å²) in [5.41, 5.74) is 6.15. The minimum absolute atomic E-state index is 0.0836. The van der Waals surface area contributed by atoms with Gasteiger partial charge in [-0.05, 0) is 98.2 Å². The summed E-state index contributed by atoms with van der Waals surface area (Å²) in [6.07, 6.45) is 6.82. The van der Waals surface area contributed by atoms with Crippen LogP contribution in [-0.4, -0.2) is 60.3 Å². The van der Waals surface area contributed by atoms with Gasteiger partial charge in [-0.1, -0.05) is 31.9 Å². The fourth-order valence-electron chi connectivity index (χ4n) is 6.80. The number of fused-ring (bicyclic) bond motifs is 3. The Morgan fingerprint density at radius 2 is 1.84 bits per heavy atom. The highest BCUT2D eigenvalue weighted by atomic mass is 16.5. The van der Waals surface area contributed by atoms with Crippen LogP contribution in [0.15, 0.2) is 28.9 Å². The molecule has 0 aromatic heterocycles. The number of ether oxygens (including phenoxy) is 1. The predicted octanol–water partition coefficient (Wildman–Crippen LogP) is 4.83. The maximum Gasteiger partial charge on any atom is 0.455 e. The Morgan fingerprint density at radius 1 is 1.13 bits per heavy atom. The van der Waals surface area contributed by atoms with E-state index in [1.165, 1.54) is 10.5 Å². The molecule has 1 aliphatic carbocycles. The summed E-state index contributed by atoms with van der Waals surface area (Å²) in [5.74, 6) is -0.875. The molecular formula is C30H42BNO6. The lowest BCUT2D eigenvalue weighted by atomic mass is 9.58. The molecule has 1 aromatic carbocycles. The van der Waals surface area contributed by atoms with Crippen molar-refractivity contribution in [2.24, 2.45) is 17.8 Å². The Hall–Kier alpha value is -2.42. The number of amides is 2. The maximum absolute atomic E-state index is 13.4. The largest absolute Gasteiger partial charge is 0.507 e. The fourth-order valence-corrected chi connectivity index (χ4v) is 6.80. The molecule has 7 nitrogen and oxygen atoms in total. The van der Waals surface area contributed by atoms with Crippen LogP contribution < -0.4 is 0 Å². The number of rotatable bonds is 10. The van der Waals surface area contributed by atoms with Gasteiger partial charge in [-0.3, -0.25) is 14.5 Å². The van der Waals surface area contributed by atoms with E-state index in [-0.39, 0.29) is 29.8 Å². The monoisotopic (exact) mass is 523 g/mol. The average Bonchev–Trinajstić information content (AvgIpc) is 3.10. The highest BCUT2D eigenvalue weighted by Crippen LogP contribution is 2.50. The lowest BCUT2D eigenvalue weighted by Gasteiger charge is -2.43. The zero-order chi connectivity index (χ0) is 27.6. The lowest BCUT2D eigenvalue weighted by Crippen LogP contribution is -2.46. The number of phenolic OH excluding ortho intramolecular Hbond substituents is 1. The van der Waals surface area contributed by atoms with Gasteiger partial charge in [0.05, 0.1) is 24.5 Å². The number of aromatic hydroxyl groups is 1. The summed E-state index contributed by atoms with van der Waals surface area (Å²) in [7, 11) is 0.678. The van der Waals surface area contributed by atoms with E-state index < -0.39 is 13.0 Å². The molecular weight excluding hydrogens is 481 g/mol. The Bertz CT molecular complexity index is 1100. The second-order valence-electron chi connectivity index (χ2n) is 11.2. The third kappa shape index (κ3) is 5.63. The summed E-state index contributed by atoms with van der Waals surface area (Å²) in [6.45, 7) is 8.78. The molecule has 2 aliphatic heterocycles. The zero-order valence-corrected chi connectivity index (χ0v) is 23.5. The number of phenols is 1. The fraction of sp³-hybridized carbons (Fsp3) is 0.600. The van der Waals surface area contributed by atoms with Crippen LogP contribution in [0.25, 0.3) is 6.08 Å². The first kappa shape index (κ1) is 28.6. The van der Waals surface area contributed by atoms with E-state index in [2.05, 4.69) is 13.0 Å². The third-order valence-corrected chi connectivity index (χ3v) is 8.35. The van der Waals surface area contributed by atoms with Gasteiger partial charge in [-0.25, -0.2) is 0 Å². The van der Waals surface area contributed by atoms with Crippen molar-refractivity contribution in [1.29, 1.82) is 0 Å². The van der Waals surface area contributed by atoms with Gasteiger partial charge in [0.2, 0.25) is 11.8 Å². The molecule has 4 rings (SSSR count).